The van der Waals surface area contributed by atoms with Gasteiger partial charge in [0.05, 0.1) is 6.10 Å². The van der Waals surface area contributed by atoms with E-state index in [9.17, 15) is 0 Å². The number of benzene rings is 2. The van der Waals surface area contributed by atoms with Crippen LogP contribution in [0, 0.1) is 5.92 Å². The van der Waals surface area contributed by atoms with Crippen LogP contribution in [0.1, 0.15) is 97.0 Å². The van der Waals surface area contributed by atoms with Gasteiger partial charge >= 0.3 is 0 Å². The fourth-order valence-electron chi connectivity index (χ4n) is 4.75. The molecule has 2 aromatic carbocycles. The molecule has 0 radical (unpaired) electrons. The van der Waals surface area contributed by atoms with Gasteiger partial charge in [-0.05, 0) is 72.9 Å². The minimum atomic E-state index is 0.277. The highest BCUT2D eigenvalue weighted by molar-refractivity contribution is 5.71. The van der Waals surface area contributed by atoms with Gasteiger partial charge in [-0.3, -0.25) is 0 Å². The SMILES string of the molecule is CCCCCCCC1CC=C(c2ccc(-c3ccc(OC(C)CCC)cc3)cc2)CC1. The van der Waals surface area contributed by atoms with Crippen molar-refractivity contribution in [2.24, 2.45) is 5.92 Å². The first-order valence-electron chi connectivity index (χ1n) is 12.8. The Morgan fingerprint density at radius 3 is 2.06 bits per heavy atom. The zero-order valence-corrected chi connectivity index (χ0v) is 20.0. The molecule has 2 aromatic rings. The zero-order chi connectivity index (χ0) is 21.9. The van der Waals surface area contributed by atoms with Gasteiger partial charge in [-0.1, -0.05) is 101 Å². The van der Waals surface area contributed by atoms with Gasteiger partial charge in [0.1, 0.15) is 5.75 Å². The molecule has 2 atom stereocenters. The molecular weight excluding hydrogens is 376 g/mol. The molecule has 3 rings (SSSR count). The van der Waals surface area contributed by atoms with Gasteiger partial charge in [-0.15, -0.1) is 0 Å². The predicted octanol–water partition coefficient (Wildman–Crippen LogP) is 9.46. The Morgan fingerprint density at radius 1 is 0.806 bits per heavy atom. The van der Waals surface area contributed by atoms with E-state index in [1.165, 1.54) is 74.5 Å². The van der Waals surface area contributed by atoms with Crippen molar-refractivity contribution in [2.75, 3.05) is 0 Å². The second-order valence-corrected chi connectivity index (χ2v) is 9.39. The lowest BCUT2D eigenvalue weighted by Gasteiger charge is -2.22. The average molecular weight is 419 g/mol. The van der Waals surface area contributed by atoms with Crippen molar-refractivity contribution in [2.45, 2.75) is 97.5 Å². The third-order valence-corrected chi connectivity index (χ3v) is 6.71. The lowest BCUT2D eigenvalue weighted by Crippen LogP contribution is -2.10. The lowest BCUT2D eigenvalue weighted by molar-refractivity contribution is 0.210. The van der Waals surface area contributed by atoms with E-state index in [1.807, 2.05) is 0 Å². The zero-order valence-electron chi connectivity index (χ0n) is 20.0. The van der Waals surface area contributed by atoms with Crippen LogP contribution in [0.2, 0.25) is 0 Å². The molecule has 1 heteroatoms. The van der Waals surface area contributed by atoms with Gasteiger partial charge in [0.2, 0.25) is 0 Å². The molecule has 0 spiro atoms. The summed E-state index contributed by atoms with van der Waals surface area (Å²) in [6, 6.07) is 17.7. The first kappa shape index (κ1) is 23.6. The predicted molar refractivity (Wildman–Crippen MR) is 136 cm³/mol. The Bertz CT molecular complexity index is 784. The van der Waals surface area contributed by atoms with Gasteiger partial charge in [0.15, 0.2) is 0 Å². The maximum atomic E-state index is 5.99. The molecule has 1 nitrogen and oxygen atoms in total. The Morgan fingerprint density at radius 2 is 1.45 bits per heavy atom. The number of hydrogen-bond acceptors (Lipinski definition) is 1. The smallest absolute Gasteiger partial charge is 0.119 e. The third kappa shape index (κ3) is 7.56. The minimum absolute atomic E-state index is 0.277. The van der Waals surface area contributed by atoms with Crippen LogP contribution >= 0.6 is 0 Å². The third-order valence-electron chi connectivity index (χ3n) is 6.71. The van der Waals surface area contributed by atoms with E-state index < -0.39 is 0 Å². The van der Waals surface area contributed by atoms with E-state index in [-0.39, 0.29) is 6.10 Å². The fraction of sp³-hybridized carbons (Fsp3) is 0.533. The van der Waals surface area contributed by atoms with Crippen LogP contribution in [0.4, 0.5) is 0 Å². The van der Waals surface area contributed by atoms with Crippen molar-refractivity contribution in [1.82, 2.24) is 0 Å². The van der Waals surface area contributed by atoms with E-state index in [1.54, 1.807) is 5.57 Å². The molecule has 1 aliphatic carbocycles. The molecule has 0 heterocycles. The van der Waals surface area contributed by atoms with Gasteiger partial charge in [-0.25, -0.2) is 0 Å². The normalized spacial score (nSPS) is 17.3. The largest absolute Gasteiger partial charge is 0.491 e. The Balaban J connectivity index is 1.51. The molecule has 0 fully saturated rings. The van der Waals surface area contributed by atoms with Gasteiger partial charge in [-0.2, -0.15) is 0 Å². The Hall–Kier alpha value is -2.02. The quantitative estimate of drug-likeness (QED) is 0.312. The second-order valence-electron chi connectivity index (χ2n) is 9.39. The maximum Gasteiger partial charge on any atom is 0.119 e. The van der Waals surface area contributed by atoms with Crippen LogP contribution in [0.5, 0.6) is 5.75 Å². The van der Waals surface area contributed by atoms with Crippen LogP contribution in [0.15, 0.2) is 54.6 Å². The number of rotatable bonds is 12. The highest BCUT2D eigenvalue weighted by Gasteiger charge is 2.15. The summed E-state index contributed by atoms with van der Waals surface area (Å²) in [6.45, 7) is 6.64. The molecule has 0 amide bonds. The van der Waals surface area contributed by atoms with Crippen molar-refractivity contribution in [1.29, 1.82) is 0 Å². The van der Waals surface area contributed by atoms with Crippen LogP contribution in [-0.4, -0.2) is 6.10 Å². The summed E-state index contributed by atoms with van der Waals surface area (Å²) in [5, 5.41) is 0. The van der Waals surface area contributed by atoms with Crippen LogP contribution in [0.3, 0.4) is 0 Å². The number of ether oxygens (including phenoxy) is 1. The van der Waals surface area contributed by atoms with E-state index in [0.717, 1.165) is 24.5 Å². The molecule has 0 aliphatic heterocycles. The molecule has 1 aliphatic rings. The van der Waals surface area contributed by atoms with E-state index in [2.05, 4.69) is 75.4 Å². The molecule has 0 saturated carbocycles. The topological polar surface area (TPSA) is 9.23 Å². The molecule has 0 N–H and O–H groups in total. The number of unbranched alkanes of at least 4 members (excludes halogenated alkanes) is 4. The summed E-state index contributed by atoms with van der Waals surface area (Å²) in [5.74, 6) is 1.87. The molecule has 0 saturated heterocycles. The Labute approximate surface area is 190 Å². The molecule has 168 valence electrons. The van der Waals surface area contributed by atoms with Crippen LogP contribution in [-0.2, 0) is 0 Å². The molecule has 0 bridgehead atoms. The molecule has 2 unspecified atom stereocenters. The lowest BCUT2D eigenvalue weighted by atomic mass is 9.83. The van der Waals surface area contributed by atoms with Crippen molar-refractivity contribution < 1.29 is 4.74 Å². The summed E-state index contributed by atoms with van der Waals surface area (Å²) in [5.41, 5.74) is 5.47. The summed E-state index contributed by atoms with van der Waals surface area (Å²) in [4.78, 5) is 0. The average Bonchev–Trinajstić information content (AvgIpc) is 2.80. The fourth-order valence-corrected chi connectivity index (χ4v) is 4.75. The van der Waals surface area contributed by atoms with E-state index >= 15 is 0 Å². The van der Waals surface area contributed by atoms with Gasteiger partial charge < -0.3 is 4.74 Å². The summed E-state index contributed by atoms with van der Waals surface area (Å²) >= 11 is 0. The van der Waals surface area contributed by atoms with Crippen LogP contribution < -0.4 is 4.74 Å². The molecule has 31 heavy (non-hydrogen) atoms. The highest BCUT2D eigenvalue weighted by atomic mass is 16.5. The highest BCUT2D eigenvalue weighted by Crippen LogP contribution is 2.34. The summed E-state index contributed by atoms with van der Waals surface area (Å²) in [6.07, 6.45) is 17.3. The van der Waals surface area contributed by atoms with Crippen LogP contribution in [0.25, 0.3) is 16.7 Å². The Kier molecular flexibility index (Phi) is 9.72. The van der Waals surface area contributed by atoms with Crippen molar-refractivity contribution in [3.05, 3.63) is 60.2 Å². The minimum Gasteiger partial charge on any atom is -0.491 e. The molecular formula is C30H42O. The monoisotopic (exact) mass is 418 g/mol. The first-order valence-corrected chi connectivity index (χ1v) is 12.8. The van der Waals surface area contributed by atoms with E-state index in [0.29, 0.717) is 0 Å². The van der Waals surface area contributed by atoms with Crippen molar-refractivity contribution >= 4 is 5.57 Å². The summed E-state index contributed by atoms with van der Waals surface area (Å²) in [7, 11) is 0. The van der Waals surface area contributed by atoms with Crippen molar-refractivity contribution in [3.8, 4) is 16.9 Å². The number of hydrogen-bond donors (Lipinski definition) is 0. The second kappa shape index (κ2) is 12.7. The van der Waals surface area contributed by atoms with E-state index in [4.69, 9.17) is 4.74 Å². The van der Waals surface area contributed by atoms with Gasteiger partial charge in [0.25, 0.3) is 0 Å². The first-order chi connectivity index (χ1) is 15.2. The maximum absolute atomic E-state index is 5.99. The number of allylic oxidation sites excluding steroid dienone is 2. The summed E-state index contributed by atoms with van der Waals surface area (Å²) < 4.78 is 5.99. The molecule has 0 aromatic heterocycles. The standard InChI is InChI=1S/C30H42O/c1-4-6-7-8-9-11-25-12-14-26(15-13-25)27-16-18-28(19-17-27)29-20-22-30(23-21-29)31-24(3)10-5-2/h14,16-25H,4-13,15H2,1-3H3. The van der Waals surface area contributed by atoms with Crippen molar-refractivity contribution in [3.63, 3.8) is 0 Å². The van der Waals surface area contributed by atoms with Gasteiger partial charge in [0, 0.05) is 0 Å².